The summed E-state index contributed by atoms with van der Waals surface area (Å²) in [5.74, 6) is 1.29. The van der Waals surface area contributed by atoms with E-state index in [0.717, 1.165) is 34.7 Å². The fourth-order valence-corrected chi connectivity index (χ4v) is 3.12. The van der Waals surface area contributed by atoms with E-state index in [4.69, 9.17) is 11.6 Å². The monoisotopic (exact) mass is 310 g/mol. The maximum atomic E-state index is 6.38. The number of aromatic nitrogens is 1. The minimum Gasteiger partial charge on any atom is -0.356 e. The van der Waals surface area contributed by atoms with Gasteiger partial charge in [0.1, 0.15) is 0 Å². The van der Waals surface area contributed by atoms with Gasteiger partial charge in [-0.1, -0.05) is 42.6 Å². The van der Waals surface area contributed by atoms with Crippen LogP contribution in [0.5, 0.6) is 0 Å². The number of fused-ring (bicyclic) bond motifs is 1. The van der Waals surface area contributed by atoms with Crippen LogP contribution >= 0.6 is 23.4 Å². The summed E-state index contributed by atoms with van der Waals surface area (Å²) in [6.07, 6.45) is 7.41. The second-order valence-electron chi connectivity index (χ2n) is 5.05. The summed E-state index contributed by atoms with van der Waals surface area (Å²) < 4.78 is 0. The van der Waals surface area contributed by atoms with Crippen LogP contribution in [0.3, 0.4) is 0 Å². The molecule has 0 aliphatic carbocycles. The van der Waals surface area contributed by atoms with Gasteiger partial charge in [-0.05, 0) is 37.5 Å². The highest BCUT2D eigenvalue weighted by atomic mass is 35.5. The number of thioether (sulfide) groups is 1. The molecular formula is C16H23ClN2S. The smallest absolute Gasteiger partial charge is 0.0705 e. The Bertz CT molecular complexity index is 524. The summed E-state index contributed by atoms with van der Waals surface area (Å²) in [4.78, 5) is 3.39. The van der Waals surface area contributed by atoms with Crippen molar-refractivity contribution in [1.82, 2.24) is 10.3 Å². The number of para-hydroxylation sites is 1. The molecule has 1 aromatic heterocycles. The molecule has 20 heavy (non-hydrogen) atoms. The first-order valence-electron chi connectivity index (χ1n) is 7.27. The van der Waals surface area contributed by atoms with Crippen LogP contribution in [-0.4, -0.2) is 23.5 Å². The lowest BCUT2D eigenvalue weighted by atomic mass is 10.2. The zero-order valence-electron chi connectivity index (χ0n) is 12.0. The number of rotatable bonds is 9. The molecule has 1 aromatic carbocycles. The second kappa shape index (κ2) is 8.60. The van der Waals surface area contributed by atoms with E-state index >= 15 is 0 Å². The summed E-state index contributed by atoms with van der Waals surface area (Å²) in [5, 5.41) is 5.44. The summed E-state index contributed by atoms with van der Waals surface area (Å²) in [5.41, 5.74) is 2.21. The molecular weight excluding hydrogens is 288 g/mol. The van der Waals surface area contributed by atoms with Crippen LogP contribution in [0.2, 0.25) is 5.02 Å². The Hall–Kier alpha value is -0.640. The number of nitrogens with one attached hydrogen (secondary N) is 2. The Morgan fingerprint density at radius 3 is 2.75 bits per heavy atom. The van der Waals surface area contributed by atoms with E-state index in [1.807, 2.05) is 23.9 Å². The zero-order valence-corrected chi connectivity index (χ0v) is 13.6. The molecule has 0 bridgehead atoms. The van der Waals surface area contributed by atoms with Gasteiger partial charge in [0.25, 0.3) is 0 Å². The van der Waals surface area contributed by atoms with Crippen LogP contribution in [0, 0.1) is 0 Å². The van der Waals surface area contributed by atoms with Crippen LogP contribution in [0.25, 0.3) is 10.9 Å². The maximum absolute atomic E-state index is 6.38. The van der Waals surface area contributed by atoms with Gasteiger partial charge in [-0.25, -0.2) is 0 Å². The largest absolute Gasteiger partial charge is 0.356 e. The number of hydrogen-bond acceptors (Lipinski definition) is 2. The molecule has 0 aliphatic rings. The quantitative estimate of drug-likeness (QED) is 0.649. The van der Waals surface area contributed by atoms with Crippen molar-refractivity contribution in [2.45, 2.75) is 32.2 Å². The molecule has 0 spiro atoms. The van der Waals surface area contributed by atoms with Crippen LogP contribution in [0.4, 0.5) is 0 Å². The lowest BCUT2D eigenvalue weighted by Crippen LogP contribution is -2.15. The molecule has 1 heterocycles. The number of unbranched alkanes of at least 4 members (excludes halogenated alkanes) is 3. The fraction of sp³-hybridized carbons (Fsp3) is 0.500. The Labute approximate surface area is 130 Å². The van der Waals surface area contributed by atoms with Gasteiger partial charge in [0.2, 0.25) is 0 Å². The Balaban J connectivity index is 1.69. The van der Waals surface area contributed by atoms with Crippen LogP contribution < -0.4 is 5.32 Å². The topological polar surface area (TPSA) is 27.8 Å². The molecule has 110 valence electrons. The van der Waals surface area contributed by atoms with Crippen LogP contribution in [0.1, 0.15) is 31.4 Å². The van der Waals surface area contributed by atoms with Gasteiger partial charge in [0.15, 0.2) is 0 Å². The molecule has 0 radical (unpaired) electrons. The number of halogens is 1. The maximum Gasteiger partial charge on any atom is 0.0705 e. The number of hydrogen-bond donors (Lipinski definition) is 2. The van der Waals surface area contributed by atoms with E-state index in [-0.39, 0.29) is 0 Å². The molecule has 2 aromatic rings. The van der Waals surface area contributed by atoms with Gasteiger partial charge in [-0.2, -0.15) is 11.8 Å². The highest BCUT2D eigenvalue weighted by molar-refractivity contribution is 7.98. The first-order chi connectivity index (χ1) is 9.83. The van der Waals surface area contributed by atoms with E-state index in [2.05, 4.69) is 28.7 Å². The van der Waals surface area contributed by atoms with Crippen molar-refractivity contribution >= 4 is 34.3 Å². The predicted molar refractivity (Wildman–Crippen MR) is 91.9 cm³/mol. The molecule has 2 nitrogen and oxygen atoms in total. The summed E-state index contributed by atoms with van der Waals surface area (Å²) >= 11 is 8.32. The minimum atomic E-state index is 0.818. The van der Waals surface area contributed by atoms with Gasteiger partial charge >= 0.3 is 0 Å². The summed E-state index contributed by atoms with van der Waals surface area (Å²) in [6.45, 7) is 1.88. The molecule has 0 amide bonds. The first kappa shape index (κ1) is 15.7. The van der Waals surface area contributed by atoms with E-state index in [0.29, 0.717) is 0 Å². The van der Waals surface area contributed by atoms with Crippen molar-refractivity contribution < 1.29 is 0 Å². The van der Waals surface area contributed by atoms with Crippen molar-refractivity contribution in [2.24, 2.45) is 0 Å². The van der Waals surface area contributed by atoms with E-state index in [9.17, 15) is 0 Å². The Morgan fingerprint density at radius 1 is 1.15 bits per heavy atom. The third kappa shape index (κ3) is 4.44. The Kier molecular flexibility index (Phi) is 6.77. The number of aromatic amines is 1. The van der Waals surface area contributed by atoms with Gasteiger partial charge in [0.05, 0.1) is 5.02 Å². The average Bonchev–Trinajstić information content (AvgIpc) is 2.79. The van der Waals surface area contributed by atoms with Crippen molar-refractivity contribution in [2.75, 3.05) is 18.6 Å². The Morgan fingerprint density at radius 2 is 1.95 bits per heavy atom. The first-order valence-corrected chi connectivity index (χ1v) is 9.05. The number of benzene rings is 1. The normalized spacial score (nSPS) is 11.3. The lowest BCUT2D eigenvalue weighted by molar-refractivity contribution is 0.596. The molecule has 2 rings (SSSR count). The average molecular weight is 311 g/mol. The molecule has 4 heteroatoms. The standard InChI is InChI=1S/C16H23ClN2S/c1-20-11-7-3-2-6-10-18-12-15-16(17)13-8-4-5-9-14(13)19-15/h4-5,8-9,18-19H,2-3,6-7,10-12H2,1H3. The van der Waals surface area contributed by atoms with Gasteiger partial charge in [-0.15, -0.1) is 0 Å². The van der Waals surface area contributed by atoms with Crippen molar-refractivity contribution in [3.05, 3.63) is 35.0 Å². The summed E-state index contributed by atoms with van der Waals surface area (Å²) in [7, 11) is 0. The fourth-order valence-electron chi connectivity index (χ4n) is 2.35. The lowest BCUT2D eigenvalue weighted by Gasteiger charge is -2.04. The van der Waals surface area contributed by atoms with Crippen molar-refractivity contribution in [3.63, 3.8) is 0 Å². The highest BCUT2D eigenvalue weighted by Crippen LogP contribution is 2.26. The molecule has 0 atom stereocenters. The number of H-pyrrole nitrogens is 1. The molecule has 2 N–H and O–H groups in total. The zero-order chi connectivity index (χ0) is 14.2. The van der Waals surface area contributed by atoms with E-state index < -0.39 is 0 Å². The van der Waals surface area contributed by atoms with Crippen LogP contribution in [-0.2, 0) is 6.54 Å². The third-order valence-corrected chi connectivity index (χ3v) is 4.60. The third-order valence-electron chi connectivity index (χ3n) is 3.47. The van der Waals surface area contributed by atoms with Crippen molar-refractivity contribution in [1.29, 1.82) is 0 Å². The SMILES string of the molecule is CSCCCCCCNCc1[nH]c2ccccc2c1Cl. The second-order valence-corrected chi connectivity index (χ2v) is 6.41. The van der Waals surface area contributed by atoms with Gasteiger partial charge in [-0.3, -0.25) is 0 Å². The predicted octanol–water partition coefficient (Wildman–Crippen LogP) is 4.83. The van der Waals surface area contributed by atoms with Gasteiger partial charge in [0, 0.05) is 23.1 Å². The van der Waals surface area contributed by atoms with Crippen LogP contribution in [0.15, 0.2) is 24.3 Å². The highest BCUT2D eigenvalue weighted by Gasteiger charge is 2.07. The summed E-state index contributed by atoms with van der Waals surface area (Å²) in [6, 6.07) is 8.18. The van der Waals surface area contributed by atoms with E-state index in [1.165, 1.54) is 31.4 Å². The molecule has 0 aliphatic heterocycles. The van der Waals surface area contributed by atoms with Gasteiger partial charge < -0.3 is 10.3 Å². The molecule has 0 saturated heterocycles. The minimum absolute atomic E-state index is 0.818. The molecule has 0 fully saturated rings. The molecule has 0 saturated carbocycles. The van der Waals surface area contributed by atoms with Crippen molar-refractivity contribution in [3.8, 4) is 0 Å². The van der Waals surface area contributed by atoms with E-state index in [1.54, 1.807) is 0 Å². The molecule has 0 unspecified atom stereocenters.